The zero-order valence-electron chi connectivity index (χ0n) is 30.3. The van der Waals surface area contributed by atoms with Gasteiger partial charge in [-0.1, -0.05) is 55.3 Å². The summed E-state index contributed by atoms with van der Waals surface area (Å²) in [5.74, 6) is -2.24. The number of aliphatic carboxylic acids is 1. The van der Waals surface area contributed by atoms with E-state index in [1.165, 1.54) is 4.90 Å². The highest BCUT2D eigenvalue weighted by Gasteiger charge is 2.61. The summed E-state index contributed by atoms with van der Waals surface area (Å²) in [7, 11) is 0. The van der Waals surface area contributed by atoms with Gasteiger partial charge in [0.2, 0.25) is 17.7 Å². The maximum atomic E-state index is 14.5. The minimum Gasteiger partial charge on any atom is -0.479 e. The van der Waals surface area contributed by atoms with Gasteiger partial charge in [-0.25, -0.2) is 19.6 Å². The van der Waals surface area contributed by atoms with Crippen molar-refractivity contribution in [3.05, 3.63) is 78.1 Å². The van der Waals surface area contributed by atoms with E-state index in [0.717, 1.165) is 35.7 Å². The minimum atomic E-state index is -1.45. The summed E-state index contributed by atoms with van der Waals surface area (Å²) < 4.78 is 12.1. The van der Waals surface area contributed by atoms with Gasteiger partial charge >= 0.3 is 12.1 Å². The molecule has 2 aliphatic heterocycles. The molecule has 4 aromatic rings. The highest BCUT2D eigenvalue weighted by atomic mass is 16.6. The number of carbonyl (C=O) groups excluding carboxylic acids is 3. The summed E-state index contributed by atoms with van der Waals surface area (Å²) in [5, 5.41) is 16.8. The van der Waals surface area contributed by atoms with Gasteiger partial charge in [0, 0.05) is 35.9 Å². The van der Waals surface area contributed by atoms with Crippen LogP contribution in [0.2, 0.25) is 0 Å². The SMILES string of the molecule is CC(C)(C)OC(=O)N[C@@H]1CCCCC/C=C\C2CC2(C(=O)O)NC(=O)C2C[C@@H](Oc3nc4ccccc4nc3Cc3c[nH]c4ccccc34)CN2C1=O. The van der Waals surface area contributed by atoms with E-state index in [4.69, 9.17) is 19.4 Å². The zero-order valence-corrected chi connectivity index (χ0v) is 30.3. The average Bonchev–Trinajstić information content (AvgIpc) is 3.42. The van der Waals surface area contributed by atoms with E-state index in [9.17, 15) is 24.3 Å². The fourth-order valence-corrected chi connectivity index (χ4v) is 7.44. The van der Waals surface area contributed by atoms with Crippen molar-refractivity contribution < 1.29 is 33.8 Å². The summed E-state index contributed by atoms with van der Waals surface area (Å²) >= 11 is 0. The number of hydrogen-bond donors (Lipinski definition) is 4. The van der Waals surface area contributed by atoms with Crippen LogP contribution in [0.1, 0.15) is 77.0 Å². The third-order valence-electron chi connectivity index (χ3n) is 10.2. The zero-order chi connectivity index (χ0) is 37.3. The molecule has 2 fully saturated rings. The Labute approximate surface area is 307 Å². The number of hydrogen-bond acceptors (Lipinski definition) is 8. The number of allylic oxidation sites excluding steroid dienone is 1. The van der Waals surface area contributed by atoms with E-state index in [-0.39, 0.29) is 31.2 Å². The monoisotopic (exact) mass is 722 g/mol. The molecule has 1 saturated heterocycles. The van der Waals surface area contributed by atoms with Crippen molar-refractivity contribution in [1.82, 2.24) is 30.5 Å². The van der Waals surface area contributed by atoms with Gasteiger partial charge in [-0.3, -0.25) is 9.59 Å². The van der Waals surface area contributed by atoms with Crippen molar-refractivity contribution in [1.29, 1.82) is 0 Å². The van der Waals surface area contributed by atoms with Gasteiger partial charge in [0.1, 0.15) is 35.0 Å². The molecule has 5 atom stereocenters. The number of rotatable bonds is 6. The summed E-state index contributed by atoms with van der Waals surface area (Å²) in [5.41, 5.74) is 1.68. The van der Waals surface area contributed by atoms with Crippen molar-refractivity contribution in [2.24, 2.45) is 5.92 Å². The van der Waals surface area contributed by atoms with E-state index < -0.39 is 53.2 Å². The number of carboxylic acid groups (broad SMARTS) is 1. The van der Waals surface area contributed by atoms with Crippen LogP contribution in [-0.2, 0) is 25.5 Å². The first-order valence-corrected chi connectivity index (χ1v) is 18.4. The summed E-state index contributed by atoms with van der Waals surface area (Å²) in [6, 6.07) is 13.4. The Balaban J connectivity index is 1.21. The number of benzene rings is 2. The second-order valence-electron chi connectivity index (χ2n) is 15.3. The van der Waals surface area contributed by atoms with Crippen molar-refractivity contribution in [3.8, 4) is 5.88 Å². The molecule has 2 aromatic heterocycles. The number of H-pyrrole nitrogens is 1. The van der Waals surface area contributed by atoms with Crippen LogP contribution in [0.5, 0.6) is 5.88 Å². The Morgan fingerprint density at radius 3 is 2.57 bits per heavy atom. The molecule has 0 bridgehead atoms. The van der Waals surface area contributed by atoms with E-state index in [0.29, 0.717) is 36.0 Å². The number of para-hydroxylation sites is 3. The van der Waals surface area contributed by atoms with Crippen LogP contribution in [0.4, 0.5) is 4.79 Å². The van der Waals surface area contributed by atoms with E-state index in [1.54, 1.807) is 20.8 Å². The molecule has 13 nitrogen and oxygen atoms in total. The molecule has 3 amide bonds. The number of ether oxygens (including phenoxy) is 2. The Hall–Kier alpha value is -5.46. The molecule has 1 saturated carbocycles. The summed E-state index contributed by atoms with van der Waals surface area (Å²) in [6.45, 7) is 5.24. The summed E-state index contributed by atoms with van der Waals surface area (Å²) in [4.78, 5) is 68.6. The molecule has 278 valence electrons. The largest absolute Gasteiger partial charge is 0.479 e. The molecule has 7 rings (SSSR count). The highest BCUT2D eigenvalue weighted by Crippen LogP contribution is 2.45. The first-order valence-electron chi connectivity index (χ1n) is 18.4. The number of carboxylic acids is 1. The Bertz CT molecular complexity index is 2070. The van der Waals surface area contributed by atoms with Gasteiger partial charge in [0.05, 0.1) is 17.6 Å². The predicted molar refractivity (Wildman–Crippen MR) is 197 cm³/mol. The van der Waals surface area contributed by atoms with Crippen molar-refractivity contribution in [2.75, 3.05) is 6.54 Å². The van der Waals surface area contributed by atoms with Crippen LogP contribution < -0.4 is 15.4 Å². The van der Waals surface area contributed by atoms with Crippen molar-refractivity contribution in [2.45, 2.75) is 101 Å². The van der Waals surface area contributed by atoms with Crippen LogP contribution in [0.15, 0.2) is 66.9 Å². The Kier molecular flexibility index (Phi) is 9.84. The first kappa shape index (κ1) is 35.9. The third-order valence-corrected chi connectivity index (χ3v) is 10.2. The highest BCUT2D eigenvalue weighted by molar-refractivity contribution is 5.96. The lowest BCUT2D eigenvalue weighted by Crippen LogP contribution is -2.56. The lowest BCUT2D eigenvalue weighted by Gasteiger charge is -2.30. The van der Waals surface area contributed by atoms with E-state index in [2.05, 4.69) is 15.6 Å². The van der Waals surface area contributed by atoms with Gasteiger partial charge in [0.15, 0.2) is 0 Å². The maximum Gasteiger partial charge on any atom is 0.408 e. The molecule has 2 aromatic carbocycles. The van der Waals surface area contributed by atoms with Crippen molar-refractivity contribution in [3.63, 3.8) is 0 Å². The van der Waals surface area contributed by atoms with Crippen LogP contribution >= 0.6 is 0 Å². The van der Waals surface area contributed by atoms with Gasteiger partial charge in [-0.05, 0) is 70.2 Å². The van der Waals surface area contributed by atoms with Gasteiger partial charge in [-0.2, -0.15) is 0 Å². The summed E-state index contributed by atoms with van der Waals surface area (Å²) in [6.07, 6.45) is 8.47. The van der Waals surface area contributed by atoms with E-state index in [1.807, 2.05) is 66.9 Å². The van der Waals surface area contributed by atoms with Gasteiger partial charge < -0.3 is 35.1 Å². The van der Waals surface area contributed by atoms with Crippen molar-refractivity contribution >= 4 is 45.8 Å². The Morgan fingerprint density at radius 2 is 1.79 bits per heavy atom. The van der Waals surface area contributed by atoms with Gasteiger partial charge in [-0.15, -0.1) is 0 Å². The van der Waals surface area contributed by atoms with Crippen LogP contribution in [0, 0.1) is 5.92 Å². The third kappa shape index (κ3) is 7.84. The fraction of sp³-hybridized carbons (Fsp3) is 0.450. The molecular weight excluding hydrogens is 676 g/mol. The number of aromatic nitrogens is 3. The second-order valence-corrected chi connectivity index (χ2v) is 15.3. The topological polar surface area (TPSA) is 176 Å². The van der Waals surface area contributed by atoms with Crippen LogP contribution in [0.3, 0.4) is 0 Å². The number of carbonyl (C=O) groups is 4. The predicted octanol–water partition coefficient (Wildman–Crippen LogP) is 5.42. The smallest absolute Gasteiger partial charge is 0.408 e. The van der Waals surface area contributed by atoms with E-state index >= 15 is 0 Å². The number of nitrogens with one attached hydrogen (secondary N) is 3. The molecule has 3 unspecified atom stereocenters. The first-order chi connectivity index (χ1) is 25.4. The number of amides is 3. The molecule has 3 aliphatic rings. The van der Waals surface area contributed by atoms with Crippen LogP contribution in [0.25, 0.3) is 21.9 Å². The quantitative estimate of drug-likeness (QED) is 0.189. The lowest BCUT2D eigenvalue weighted by molar-refractivity contribution is -0.145. The average molecular weight is 723 g/mol. The number of aromatic amines is 1. The molecule has 4 N–H and O–H groups in total. The van der Waals surface area contributed by atoms with Crippen LogP contribution in [-0.4, -0.2) is 84.7 Å². The normalized spacial score (nSPS) is 25.8. The maximum absolute atomic E-state index is 14.5. The number of alkyl carbamates (subject to hydrolysis) is 1. The number of nitrogens with zero attached hydrogens (tertiary/aromatic N) is 3. The second kappa shape index (κ2) is 14.5. The lowest BCUT2D eigenvalue weighted by atomic mass is 10.0. The Morgan fingerprint density at radius 1 is 1.04 bits per heavy atom. The number of fused-ring (bicyclic) bond motifs is 4. The molecule has 1 aliphatic carbocycles. The molecule has 4 heterocycles. The standard InChI is InChI=1S/C40H46N6O7/c1-39(2,3)53-38(51)44-31-18-8-6-4-5-7-13-25-21-40(25,37(49)50)45-34(47)33-20-26(23-46(33)36(31)48)52-35-32(42-29-16-11-12-17-30(29)43-35)19-24-22-41-28-15-10-9-14-27(24)28/h7,9-17,22,25-26,31,33,41H,4-6,8,18-21,23H2,1-3H3,(H,44,51)(H,45,47)(H,49,50)/b13-7-/t25?,26-,31-,33?,40?/m1/s1. The molecule has 53 heavy (non-hydrogen) atoms. The fourth-order valence-electron chi connectivity index (χ4n) is 7.44. The minimum absolute atomic E-state index is 0.00779. The molecule has 0 radical (unpaired) electrons. The van der Waals surface area contributed by atoms with Gasteiger partial charge in [0.25, 0.3) is 0 Å². The molecule has 0 spiro atoms. The molecular formula is C40H46N6O7. The molecule has 13 heteroatoms.